The van der Waals surface area contributed by atoms with Crippen LogP contribution in [0.2, 0.25) is 0 Å². The summed E-state index contributed by atoms with van der Waals surface area (Å²) < 4.78 is 0. The lowest BCUT2D eigenvalue weighted by atomic mass is 10.1. The molecule has 0 amide bonds. The van der Waals surface area contributed by atoms with Crippen LogP contribution in [0, 0.1) is 5.92 Å². The molecule has 1 atom stereocenters. The lowest BCUT2D eigenvalue weighted by Crippen LogP contribution is -1.93. The zero-order valence-corrected chi connectivity index (χ0v) is 9.47. The minimum atomic E-state index is -0.879. The van der Waals surface area contributed by atoms with Gasteiger partial charge in [0.15, 0.2) is 0 Å². The third kappa shape index (κ3) is 6.79. The van der Waals surface area contributed by atoms with Crippen molar-refractivity contribution in [3.05, 3.63) is 48.6 Å². The van der Waals surface area contributed by atoms with Crippen molar-refractivity contribution in [2.24, 2.45) is 5.92 Å². The van der Waals surface area contributed by atoms with Crippen molar-refractivity contribution in [2.45, 2.75) is 13.3 Å². The fraction of sp³-hybridized carbons (Fsp3) is 0.308. The van der Waals surface area contributed by atoms with Gasteiger partial charge in [0.25, 0.3) is 0 Å². The van der Waals surface area contributed by atoms with Crippen LogP contribution in [0.1, 0.15) is 23.7 Å². The van der Waals surface area contributed by atoms with Crippen molar-refractivity contribution >= 4 is 5.97 Å². The van der Waals surface area contributed by atoms with E-state index < -0.39 is 5.97 Å². The smallest absolute Gasteiger partial charge is 0.335 e. The zero-order valence-electron chi connectivity index (χ0n) is 9.47. The molecular formula is C13H18O3. The molecule has 2 N–H and O–H groups in total. The van der Waals surface area contributed by atoms with Gasteiger partial charge < -0.3 is 10.2 Å². The molecule has 1 aromatic carbocycles. The van der Waals surface area contributed by atoms with Crippen molar-refractivity contribution in [2.75, 3.05) is 6.61 Å². The van der Waals surface area contributed by atoms with Gasteiger partial charge in [0, 0.05) is 6.61 Å². The first-order chi connectivity index (χ1) is 7.61. The number of carboxylic acids is 1. The maximum Gasteiger partial charge on any atom is 0.335 e. The summed E-state index contributed by atoms with van der Waals surface area (Å²) in [4.78, 5) is 10.2. The Morgan fingerprint density at radius 3 is 2.25 bits per heavy atom. The fourth-order valence-corrected chi connectivity index (χ4v) is 0.902. The SMILES string of the molecule is C=CC(C)CCO.O=C(O)c1ccccc1. The first-order valence-corrected chi connectivity index (χ1v) is 5.13. The summed E-state index contributed by atoms with van der Waals surface area (Å²) in [5, 5.41) is 16.7. The molecule has 0 saturated carbocycles. The molecule has 3 heteroatoms. The van der Waals surface area contributed by atoms with Crippen LogP contribution in [0.15, 0.2) is 43.0 Å². The maximum atomic E-state index is 10.2. The lowest BCUT2D eigenvalue weighted by Gasteiger charge is -1.97. The van der Waals surface area contributed by atoms with Crippen LogP contribution in [0.5, 0.6) is 0 Å². The summed E-state index contributed by atoms with van der Waals surface area (Å²) in [6, 6.07) is 8.30. The van der Waals surface area contributed by atoms with Crippen LogP contribution in [0.3, 0.4) is 0 Å². The minimum absolute atomic E-state index is 0.271. The number of aliphatic hydroxyl groups is 1. The quantitative estimate of drug-likeness (QED) is 0.770. The van der Waals surface area contributed by atoms with E-state index >= 15 is 0 Å². The van der Waals surface area contributed by atoms with Crippen LogP contribution in [-0.4, -0.2) is 22.8 Å². The Balaban J connectivity index is 0.000000293. The van der Waals surface area contributed by atoms with Gasteiger partial charge in [-0.05, 0) is 24.5 Å². The molecule has 0 radical (unpaired) electrons. The van der Waals surface area contributed by atoms with E-state index in [1.807, 2.05) is 13.0 Å². The molecule has 0 bridgehead atoms. The number of hydrogen-bond donors (Lipinski definition) is 2. The molecule has 0 aliphatic rings. The van der Waals surface area contributed by atoms with Gasteiger partial charge in [0.1, 0.15) is 0 Å². The van der Waals surface area contributed by atoms with Gasteiger partial charge in [-0.25, -0.2) is 4.79 Å². The second-order valence-electron chi connectivity index (χ2n) is 3.40. The summed E-state index contributed by atoms with van der Waals surface area (Å²) in [5.41, 5.74) is 0.331. The zero-order chi connectivity index (χ0) is 12.4. The number of carboxylic acid groups (broad SMARTS) is 1. The van der Waals surface area contributed by atoms with Gasteiger partial charge in [0.05, 0.1) is 5.56 Å². The molecule has 0 aromatic heterocycles. The monoisotopic (exact) mass is 222 g/mol. The molecule has 1 rings (SSSR count). The van der Waals surface area contributed by atoms with Gasteiger partial charge in [0.2, 0.25) is 0 Å². The molecule has 88 valence electrons. The molecule has 0 spiro atoms. The Morgan fingerprint density at radius 1 is 1.44 bits per heavy atom. The van der Waals surface area contributed by atoms with Crippen molar-refractivity contribution in [3.63, 3.8) is 0 Å². The van der Waals surface area contributed by atoms with E-state index in [4.69, 9.17) is 10.2 Å². The second-order valence-corrected chi connectivity index (χ2v) is 3.40. The van der Waals surface area contributed by atoms with Crippen molar-refractivity contribution in [3.8, 4) is 0 Å². The van der Waals surface area contributed by atoms with Crippen molar-refractivity contribution in [1.29, 1.82) is 0 Å². The normalized spacial score (nSPS) is 10.9. The lowest BCUT2D eigenvalue weighted by molar-refractivity contribution is 0.0697. The highest BCUT2D eigenvalue weighted by molar-refractivity contribution is 5.87. The van der Waals surface area contributed by atoms with Crippen molar-refractivity contribution in [1.82, 2.24) is 0 Å². The van der Waals surface area contributed by atoms with Crippen LogP contribution in [0.4, 0.5) is 0 Å². The highest BCUT2D eigenvalue weighted by Gasteiger charge is 1.96. The first-order valence-electron chi connectivity index (χ1n) is 5.13. The second kappa shape index (κ2) is 8.68. The topological polar surface area (TPSA) is 57.5 Å². The minimum Gasteiger partial charge on any atom is -0.478 e. The highest BCUT2D eigenvalue weighted by Crippen LogP contribution is 1.98. The predicted octanol–water partition coefficient (Wildman–Crippen LogP) is 2.58. The van der Waals surface area contributed by atoms with Crippen LogP contribution in [-0.2, 0) is 0 Å². The Hall–Kier alpha value is -1.61. The Labute approximate surface area is 96.1 Å². The summed E-state index contributed by atoms with van der Waals surface area (Å²) >= 11 is 0. The number of allylic oxidation sites excluding steroid dienone is 1. The summed E-state index contributed by atoms with van der Waals surface area (Å²) in [7, 11) is 0. The number of aliphatic hydroxyl groups excluding tert-OH is 1. The van der Waals surface area contributed by atoms with Gasteiger partial charge in [-0.3, -0.25) is 0 Å². The molecule has 0 saturated heterocycles. The summed E-state index contributed by atoms with van der Waals surface area (Å²) in [6.07, 6.45) is 2.68. The van der Waals surface area contributed by atoms with Gasteiger partial charge >= 0.3 is 5.97 Å². The van der Waals surface area contributed by atoms with Crippen LogP contribution >= 0.6 is 0 Å². The van der Waals surface area contributed by atoms with E-state index in [-0.39, 0.29) is 6.61 Å². The third-order valence-electron chi connectivity index (χ3n) is 2.01. The van der Waals surface area contributed by atoms with E-state index in [1.54, 1.807) is 30.3 Å². The molecule has 3 nitrogen and oxygen atoms in total. The Kier molecular flexibility index (Phi) is 7.81. The van der Waals surface area contributed by atoms with E-state index in [0.717, 1.165) is 6.42 Å². The van der Waals surface area contributed by atoms with E-state index in [9.17, 15) is 4.79 Å². The first kappa shape index (κ1) is 14.4. The Bertz CT molecular complexity index is 306. The fourth-order valence-electron chi connectivity index (χ4n) is 0.902. The molecule has 0 aliphatic heterocycles. The highest BCUT2D eigenvalue weighted by atomic mass is 16.4. The molecule has 16 heavy (non-hydrogen) atoms. The molecule has 0 heterocycles. The Morgan fingerprint density at radius 2 is 2.00 bits per heavy atom. The third-order valence-corrected chi connectivity index (χ3v) is 2.01. The molecule has 1 unspecified atom stereocenters. The molecule has 0 fully saturated rings. The standard InChI is InChI=1S/C7H6O2.C6H12O/c8-7(9)6-4-2-1-3-5-6;1-3-6(2)4-5-7/h1-5H,(H,8,9);3,6-7H,1,4-5H2,2H3. The summed E-state index contributed by atoms with van der Waals surface area (Å²) in [5.74, 6) is -0.416. The number of hydrogen-bond acceptors (Lipinski definition) is 2. The predicted molar refractivity (Wildman–Crippen MR) is 64.5 cm³/mol. The largest absolute Gasteiger partial charge is 0.478 e. The number of rotatable bonds is 4. The average molecular weight is 222 g/mol. The van der Waals surface area contributed by atoms with Gasteiger partial charge in [-0.1, -0.05) is 31.2 Å². The van der Waals surface area contributed by atoms with Gasteiger partial charge in [-0.2, -0.15) is 0 Å². The average Bonchev–Trinajstić information content (AvgIpc) is 2.31. The number of aromatic carboxylic acids is 1. The molecule has 0 aliphatic carbocycles. The van der Waals surface area contributed by atoms with E-state index in [0.29, 0.717) is 11.5 Å². The van der Waals surface area contributed by atoms with Crippen molar-refractivity contribution < 1.29 is 15.0 Å². The summed E-state index contributed by atoms with van der Waals surface area (Å²) in [6.45, 7) is 5.87. The molecular weight excluding hydrogens is 204 g/mol. The van der Waals surface area contributed by atoms with E-state index in [1.165, 1.54) is 0 Å². The van der Waals surface area contributed by atoms with E-state index in [2.05, 4.69) is 6.58 Å². The van der Waals surface area contributed by atoms with Gasteiger partial charge in [-0.15, -0.1) is 6.58 Å². The van der Waals surface area contributed by atoms with Crippen LogP contribution < -0.4 is 0 Å². The van der Waals surface area contributed by atoms with Crippen LogP contribution in [0.25, 0.3) is 0 Å². The number of benzene rings is 1. The molecule has 1 aromatic rings. The number of carbonyl (C=O) groups is 1. The maximum absolute atomic E-state index is 10.2.